The molecule has 0 aliphatic rings. The van der Waals surface area contributed by atoms with Crippen LogP contribution in [0.15, 0.2) is 47.4 Å². The number of H-pyrrole nitrogens is 2. The summed E-state index contributed by atoms with van der Waals surface area (Å²) in [5.74, 6) is 0. The molecule has 0 saturated heterocycles. The van der Waals surface area contributed by atoms with Gasteiger partial charge < -0.3 is 4.98 Å². The normalized spacial score (nSPS) is 10.8. The number of aromatic amines is 2. The third-order valence-electron chi connectivity index (χ3n) is 2.54. The van der Waals surface area contributed by atoms with Gasteiger partial charge in [-0.15, -0.1) is 0 Å². The second-order valence-corrected chi connectivity index (χ2v) is 3.57. The van der Waals surface area contributed by atoms with Crippen LogP contribution in [0.1, 0.15) is 0 Å². The molecule has 0 aliphatic heterocycles. The maximum absolute atomic E-state index is 11.5. The average Bonchev–Trinajstić information content (AvgIpc) is 2.77. The lowest BCUT2D eigenvalue weighted by molar-refractivity contribution is 1.09. The minimum absolute atomic E-state index is 0.129. The molecule has 4 nitrogen and oxygen atoms in total. The van der Waals surface area contributed by atoms with Gasteiger partial charge in [0.25, 0.3) is 0 Å². The zero-order chi connectivity index (χ0) is 11.0. The van der Waals surface area contributed by atoms with Gasteiger partial charge in [0.15, 0.2) is 0 Å². The molecular formula is C12H9N3O. The Kier molecular flexibility index (Phi) is 1.86. The van der Waals surface area contributed by atoms with E-state index < -0.39 is 0 Å². The summed E-state index contributed by atoms with van der Waals surface area (Å²) >= 11 is 0. The highest BCUT2D eigenvalue weighted by atomic mass is 16.1. The van der Waals surface area contributed by atoms with Crippen LogP contribution in [-0.4, -0.2) is 15.2 Å². The number of nitrogens with one attached hydrogen (secondary N) is 2. The highest BCUT2D eigenvalue weighted by Gasteiger charge is 2.06. The predicted octanol–water partition coefficient (Wildman–Crippen LogP) is 1.92. The van der Waals surface area contributed by atoms with Crippen molar-refractivity contribution >= 4 is 11.0 Å². The first-order chi connectivity index (χ1) is 7.84. The number of nitrogens with zero attached hydrogens (tertiary/aromatic N) is 1. The van der Waals surface area contributed by atoms with Gasteiger partial charge in [0.1, 0.15) is 5.65 Å². The van der Waals surface area contributed by atoms with Crippen molar-refractivity contribution in [2.24, 2.45) is 0 Å². The molecule has 78 valence electrons. The largest absolute Gasteiger partial charge is 0.307 e. The summed E-state index contributed by atoms with van der Waals surface area (Å²) in [7, 11) is 0. The van der Waals surface area contributed by atoms with Crippen LogP contribution in [0.3, 0.4) is 0 Å². The lowest BCUT2D eigenvalue weighted by Gasteiger charge is -2.01. The molecule has 0 bridgehead atoms. The smallest absolute Gasteiger partial charge is 0.250 e. The lowest BCUT2D eigenvalue weighted by atomic mass is 10.0. The number of fused-ring (bicyclic) bond motifs is 1. The van der Waals surface area contributed by atoms with E-state index >= 15 is 0 Å². The fourth-order valence-electron chi connectivity index (χ4n) is 1.81. The van der Waals surface area contributed by atoms with Crippen molar-refractivity contribution in [2.75, 3.05) is 0 Å². The van der Waals surface area contributed by atoms with E-state index in [9.17, 15) is 4.79 Å². The van der Waals surface area contributed by atoms with Crippen LogP contribution in [0.2, 0.25) is 0 Å². The maximum Gasteiger partial charge on any atom is 0.250 e. The number of benzene rings is 1. The van der Waals surface area contributed by atoms with Crippen LogP contribution in [0.25, 0.3) is 22.2 Å². The molecule has 0 amide bonds. The molecule has 4 heteroatoms. The van der Waals surface area contributed by atoms with E-state index in [1.165, 1.54) is 0 Å². The minimum Gasteiger partial charge on any atom is -0.307 e. The Hall–Kier alpha value is -2.36. The first-order valence-electron chi connectivity index (χ1n) is 4.96. The van der Waals surface area contributed by atoms with Gasteiger partial charge in [-0.1, -0.05) is 30.3 Å². The van der Waals surface area contributed by atoms with Crippen LogP contribution < -0.4 is 5.56 Å². The Labute approximate surface area is 90.9 Å². The number of hydrogen-bond donors (Lipinski definition) is 2. The average molecular weight is 211 g/mol. The minimum atomic E-state index is -0.129. The van der Waals surface area contributed by atoms with E-state index in [-0.39, 0.29) is 5.56 Å². The first kappa shape index (κ1) is 8.91. The van der Waals surface area contributed by atoms with Gasteiger partial charge >= 0.3 is 0 Å². The third-order valence-corrected chi connectivity index (χ3v) is 2.54. The number of rotatable bonds is 1. The summed E-state index contributed by atoms with van der Waals surface area (Å²) in [6.45, 7) is 0. The molecule has 0 radical (unpaired) electrons. The van der Waals surface area contributed by atoms with Gasteiger partial charge in [0, 0.05) is 11.5 Å². The molecule has 0 fully saturated rings. The summed E-state index contributed by atoms with van der Waals surface area (Å²) in [4.78, 5) is 14.2. The fourth-order valence-corrected chi connectivity index (χ4v) is 1.81. The molecule has 2 heterocycles. The van der Waals surface area contributed by atoms with E-state index in [4.69, 9.17) is 0 Å². The summed E-state index contributed by atoms with van der Waals surface area (Å²) in [6, 6.07) is 11.4. The summed E-state index contributed by atoms with van der Waals surface area (Å²) in [5.41, 5.74) is 2.44. The fraction of sp³-hybridized carbons (Fsp3) is 0. The van der Waals surface area contributed by atoms with E-state index in [1.807, 2.05) is 30.3 Å². The van der Waals surface area contributed by atoms with Gasteiger partial charge in [0.05, 0.1) is 6.20 Å². The number of pyridine rings is 1. The quantitative estimate of drug-likeness (QED) is 0.646. The van der Waals surface area contributed by atoms with E-state index in [0.29, 0.717) is 5.65 Å². The Morgan fingerprint density at radius 3 is 2.75 bits per heavy atom. The monoisotopic (exact) mass is 211 g/mol. The van der Waals surface area contributed by atoms with Crippen LogP contribution in [0, 0.1) is 0 Å². The summed E-state index contributed by atoms with van der Waals surface area (Å²) in [5, 5.41) is 7.62. The van der Waals surface area contributed by atoms with Crippen molar-refractivity contribution < 1.29 is 0 Å². The van der Waals surface area contributed by atoms with Crippen molar-refractivity contribution in [3.8, 4) is 11.1 Å². The predicted molar refractivity (Wildman–Crippen MR) is 62.2 cm³/mol. The number of hydrogen-bond acceptors (Lipinski definition) is 2. The van der Waals surface area contributed by atoms with Crippen molar-refractivity contribution in [3.05, 3.63) is 52.9 Å². The Balaban J connectivity index is 2.39. The van der Waals surface area contributed by atoms with E-state index in [1.54, 1.807) is 12.3 Å². The Morgan fingerprint density at radius 1 is 1.12 bits per heavy atom. The molecule has 0 saturated carbocycles. The molecule has 3 rings (SSSR count). The molecule has 16 heavy (non-hydrogen) atoms. The van der Waals surface area contributed by atoms with Gasteiger partial charge in [-0.05, 0) is 11.1 Å². The van der Waals surface area contributed by atoms with E-state index in [0.717, 1.165) is 16.5 Å². The maximum atomic E-state index is 11.5. The third kappa shape index (κ3) is 1.32. The van der Waals surface area contributed by atoms with Gasteiger partial charge in [0.2, 0.25) is 5.56 Å². The summed E-state index contributed by atoms with van der Waals surface area (Å²) < 4.78 is 0. The zero-order valence-corrected chi connectivity index (χ0v) is 8.40. The lowest BCUT2D eigenvalue weighted by Crippen LogP contribution is -2.04. The van der Waals surface area contributed by atoms with Crippen LogP contribution in [0.5, 0.6) is 0 Å². The molecular weight excluding hydrogens is 202 g/mol. The molecule has 2 N–H and O–H groups in total. The van der Waals surface area contributed by atoms with Crippen LogP contribution in [0.4, 0.5) is 0 Å². The molecule has 0 aliphatic carbocycles. The Bertz CT molecular complexity index is 682. The Morgan fingerprint density at radius 2 is 1.94 bits per heavy atom. The van der Waals surface area contributed by atoms with Crippen LogP contribution in [-0.2, 0) is 0 Å². The van der Waals surface area contributed by atoms with Gasteiger partial charge in [-0.2, -0.15) is 5.10 Å². The molecule has 0 spiro atoms. The zero-order valence-electron chi connectivity index (χ0n) is 8.40. The van der Waals surface area contributed by atoms with Crippen molar-refractivity contribution in [1.82, 2.24) is 15.2 Å². The topological polar surface area (TPSA) is 61.5 Å². The molecule has 0 atom stereocenters. The molecule has 3 aromatic rings. The van der Waals surface area contributed by atoms with E-state index in [2.05, 4.69) is 15.2 Å². The second kappa shape index (κ2) is 3.34. The van der Waals surface area contributed by atoms with Gasteiger partial charge in [-0.25, -0.2) is 0 Å². The van der Waals surface area contributed by atoms with Crippen molar-refractivity contribution in [3.63, 3.8) is 0 Å². The molecule has 0 unspecified atom stereocenters. The molecule has 1 aromatic carbocycles. The summed E-state index contributed by atoms with van der Waals surface area (Å²) in [6.07, 6.45) is 1.72. The standard InChI is InChI=1S/C12H9N3O/c16-11-6-9(8-4-2-1-3-5-8)10-7-13-15-12(10)14-11/h1-7H,(H2,13,14,15,16). The second-order valence-electron chi connectivity index (χ2n) is 3.57. The van der Waals surface area contributed by atoms with Crippen molar-refractivity contribution in [2.45, 2.75) is 0 Å². The first-order valence-corrected chi connectivity index (χ1v) is 4.96. The number of aromatic nitrogens is 3. The molecule has 2 aromatic heterocycles. The van der Waals surface area contributed by atoms with Crippen molar-refractivity contribution in [1.29, 1.82) is 0 Å². The SMILES string of the molecule is O=c1cc(-c2ccccc2)c2cn[nH]c2[nH]1. The van der Waals surface area contributed by atoms with Crippen LogP contribution >= 0.6 is 0 Å². The highest BCUT2D eigenvalue weighted by molar-refractivity contribution is 5.91. The highest BCUT2D eigenvalue weighted by Crippen LogP contribution is 2.24. The van der Waals surface area contributed by atoms with Gasteiger partial charge in [-0.3, -0.25) is 9.89 Å².